The maximum atomic E-state index is 13.5. The Hall–Kier alpha value is -4.82. The first-order chi connectivity index (χ1) is 26.0. The third-order valence-electron chi connectivity index (χ3n) is 10.1. The quantitative estimate of drug-likeness (QED) is 0.158. The highest BCUT2D eigenvalue weighted by atomic mass is 32.1. The van der Waals surface area contributed by atoms with Crippen LogP contribution < -0.4 is 10.6 Å². The molecule has 0 bridgehead atoms. The minimum absolute atomic E-state index is 0.0885. The van der Waals surface area contributed by atoms with E-state index in [9.17, 15) is 19.2 Å². The molecule has 0 saturated carbocycles. The second-order valence-electron chi connectivity index (χ2n) is 14.4. The van der Waals surface area contributed by atoms with Gasteiger partial charge in [-0.2, -0.15) is 0 Å². The lowest BCUT2D eigenvalue weighted by Crippen LogP contribution is -2.51. The van der Waals surface area contributed by atoms with Crippen LogP contribution in [0.15, 0.2) is 60.9 Å². The first-order valence-corrected chi connectivity index (χ1v) is 20.0. The van der Waals surface area contributed by atoms with E-state index in [1.807, 2.05) is 49.9 Å². The molecule has 2 aromatic carbocycles. The van der Waals surface area contributed by atoms with Crippen molar-refractivity contribution >= 4 is 46.7 Å². The fourth-order valence-electron chi connectivity index (χ4n) is 7.13. The predicted molar refractivity (Wildman–Crippen MR) is 210 cm³/mol. The molecule has 2 fully saturated rings. The van der Waals surface area contributed by atoms with Crippen LogP contribution in [0.1, 0.15) is 75.5 Å². The van der Waals surface area contributed by atoms with Crippen molar-refractivity contribution in [2.45, 2.75) is 77.5 Å². The molecule has 54 heavy (non-hydrogen) atoms. The monoisotopic (exact) mass is 772 g/mol. The SMILES string of the molecule is COC(=O)N[C@H](C(=O)N1CCC[C@H]1c1ncc(-c2ccc(-c3ccc(-c4cnc([C@@H]5CCCN5C(=O)[C@@H](NC(=O)OC)C(C)C)s4)cc3)cc2)s1)C(C)C. The summed E-state index contributed by atoms with van der Waals surface area (Å²) in [6.45, 7) is 8.89. The molecule has 4 heterocycles. The third-order valence-corrected chi connectivity index (χ3v) is 12.4. The van der Waals surface area contributed by atoms with Gasteiger partial charge in [0.15, 0.2) is 0 Å². The number of methoxy groups -OCH3 is 2. The summed E-state index contributed by atoms with van der Waals surface area (Å²) in [7, 11) is 2.59. The number of hydrogen-bond donors (Lipinski definition) is 2. The Bertz CT molecular complexity index is 1800. The van der Waals surface area contributed by atoms with Crippen LogP contribution in [0, 0.1) is 11.8 Å². The molecule has 2 saturated heterocycles. The smallest absolute Gasteiger partial charge is 0.407 e. The van der Waals surface area contributed by atoms with Crippen LogP contribution in [0.5, 0.6) is 0 Å². The minimum Gasteiger partial charge on any atom is -0.453 e. The van der Waals surface area contributed by atoms with Gasteiger partial charge < -0.3 is 29.9 Å². The summed E-state index contributed by atoms with van der Waals surface area (Å²) in [5, 5.41) is 7.20. The predicted octanol–water partition coefficient (Wildman–Crippen LogP) is 7.69. The zero-order valence-electron chi connectivity index (χ0n) is 31.5. The maximum absolute atomic E-state index is 13.5. The van der Waals surface area contributed by atoms with Gasteiger partial charge in [0.05, 0.1) is 36.1 Å². The van der Waals surface area contributed by atoms with E-state index in [0.29, 0.717) is 13.1 Å². The van der Waals surface area contributed by atoms with E-state index in [1.165, 1.54) is 14.2 Å². The number of hydrogen-bond acceptors (Lipinski definition) is 10. The molecule has 0 unspecified atom stereocenters. The van der Waals surface area contributed by atoms with Crippen LogP contribution in [-0.2, 0) is 19.1 Å². The molecular weight excluding hydrogens is 725 g/mol. The highest BCUT2D eigenvalue weighted by Crippen LogP contribution is 2.40. The number of nitrogens with one attached hydrogen (secondary N) is 2. The Morgan fingerprint density at radius 3 is 1.31 bits per heavy atom. The van der Waals surface area contributed by atoms with Gasteiger partial charge in [0.25, 0.3) is 0 Å². The average Bonchev–Trinajstić information content (AvgIpc) is 4.02. The van der Waals surface area contributed by atoms with Crippen molar-refractivity contribution in [2.24, 2.45) is 11.8 Å². The number of ether oxygens (including phenoxy) is 2. The summed E-state index contributed by atoms with van der Waals surface area (Å²) < 4.78 is 9.52. The van der Waals surface area contributed by atoms with Gasteiger partial charge in [-0.05, 0) is 59.8 Å². The second-order valence-corrected chi connectivity index (χ2v) is 16.5. The number of amides is 4. The van der Waals surface area contributed by atoms with Crippen molar-refractivity contribution in [3.63, 3.8) is 0 Å². The normalized spacial score (nSPS) is 18.1. The van der Waals surface area contributed by atoms with Gasteiger partial charge in [-0.3, -0.25) is 9.59 Å². The van der Waals surface area contributed by atoms with Gasteiger partial charge in [0, 0.05) is 25.5 Å². The summed E-state index contributed by atoms with van der Waals surface area (Å²) in [6, 6.07) is 15.2. The van der Waals surface area contributed by atoms with E-state index in [4.69, 9.17) is 19.4 Å². The number of benzene rings is 2. The number of carbonyl (C=O) groups excluding carboxylic acids is 4. The van der Waals surface area contributed by atoms with Crippen molar-refractivity contribution in [3.8, 4) is 32.0 Å². The molecule has 4 atom stereocenters. The standard InChI is InChI=1S/C40H48N6O6S2/c1-23(2)33(43-39(49)51-5)37(47)45-19-7-9-29(45)35-41-21-31(53-35)27-15-11-25(12-16-27)26-13-17-28(18-14-26)32-22-42-36(54-32)30-10-8-20-46(30)38(48)34(24(3)4)44-40(50)52-6/h11-18,21-24,29-30,33-34H,7-10,19-20H2,1-6H3,(H,43,49)(H,44,50)/t29-,30-,33-,34-/m0/s1. The topological polar surface area (TPSA) is 143 Å². The zero-order chi connectivity index (χ0) is 38.5. The highest BCUT2D eigenvalue weighted by molar-refractivity contribution is 7.15. The van der Waals surface area contributed by atoms with Crippen molar-refractivity contribution in [3.05, 3.63) is 70.9 Å². The van der Waals surface area contributed by atoms with Gasteiger partial charge in [0.2, 0.25) is 11.8 Å². The molecule has 12 nitrogen and oxygen atoms in total. The van der Waals surface area contributed by atoms with Crippen LogP contribution >= 0.6 is 22.7 Å². The van der Waals surface area contributed by atoms with Crippen LogP contribution in [0.4, 0.5) is 9.59 Å². The molecule has 2 N–H and O–H groups in total. The van der Waals surface area contributed by atoms with Crippen molar-refractivity contribution in [2.75, 3.05) is 27.3 Å². The largest absolute Gasteiger partial charge is 0.453 e. The number of alkyl carbamates (subject to hydrolysis) is 2. The summed E-state index contributed by atoms with van der Waals surface area (Å²) >= 11 is 3.19. The molecule has 0 radical (unpaired) electrons. The number of nitrogens with zero attached hydrogens (tertiary/aromatic N) is 4. The van der Waals surface area contributed by atoms with E-state index >= 15 is 0 Å². The lowest BCUT2D eigenvalue weighted by Gasteiger charge is -2.29. The first kappa shape index (κ1) is 38.9. The Morgan fingerprint density at radius 2 is 0.981 bits per heavy atom. The van der Waals surface area contributed by atoms with Gasteiger partial charge in [0.1, 0.15) is 22.1 Å². The summed E-state index contributed by atoms with van der Waals surface area (Å²) in [6.07, 6.45) is 5.94. The Morgan fingerprint density at radius 1 is 0.630 bits per heavy atom. The first-order valence-electron chi connectivity index (χ1n) is 18.4. The van der Waals surface area contributed by atoms with E-state index in [2.05, 4.69) is 59.2 Å². The van der Waals surface area contributed by atoms with Crippen molar-refractivity contribution < 1.29 is 28.7 Å². The van der Waals surface area contributed by atoms with Gasteiger partial charge in [-0.25, -0.2) is 19.6 Å². The van der Waals surface area contributed by atoms with Gasteiger partial charge in [-0.1, -0.05) is 76.2 Å². The van der Waals surface area contributed by atoms with E-state index in [1.54, 1.807) is 22.7 Å². The lowest BCUT2D eigenvalue weighted by atomic mass is 10.0. The summed E-state index contributed by atoms with van der Waals surface area (Å²) in [5.74, 6) is -0.400. The molecule has 6 rings (SSSR count). The molecule has 2 aromatic heterocycles. The Balaban J connectivity index is 1.11. The number of rotatable bonds is 11. The van der Waals surface area contributed by atoms with E-state index in [-0.39, 0.29) is 35.7 Å². The maximum Gasteiger partial charge on any atom is 0.407 e. The van der Waals surface area contributed by atoms with Gasteiger partial charge >= 0.3 is 12.2 Å². The molecule has 2 aliphatic rings. The molecule has 4 amide bonds. The number of likely N-dealkylation sites (tertiary alicyclic amines) is 2. The van der Waals surface area contributed by atoms with Crippen LogP contribution in [0.3, 0.4) is 0 Å². The molecule has 4 aromatic rings. The Kier molecular flexibility index (Phi) is 12.3. The number of carbonyl (C=O) groups is 4. The van der Waals surface area contributed by atoms with Crippen LogP contribution in [0.2, 0.25) is 0 Å². The highest BCUT2D eigenvalue weighted by Gasteiger charge is 2.39. The second kappa shape index (κ2) is 17.1. The minimum atomic E-state index is -0.666. The van der Waals surface area contributed by atoms with Crippen molar-refractivity contribution in [1.29, 1.82) is 0 Å². The zero-order valence-corrected chi connectivity index (χ0v) is 33.2. The fourth-order valence-corrected chi connectivity index (χ4v) is 9.28. The Labute approximate surface area is 324 Å². The van der Waals surface area contributed by atoms with E-state index in [0.717, 1.165) is 67.7 Å². The summed E-state index contributed by atoms with van der Waals surface area (Å²) in [5.41, 5.74) is 4.29. The fraction of sp³-hybridized carbons (Fsp3) is 0.450. The molecule has 0 spiro atoms. The number of thiazole rings is 2. The molecular formula is C40H48N6O6S2. The molecule has 2 aliphatic heterocycles. The molecule has 14 heteroatoms. The van der Waals surface area contributed by atoms with Crippen LogP contribution in [-0.4, -0.2) is 83.2 Å². The molecule has 286 valence electrons. The molecule has 0 aliphatic carbocycles. The van der Waals surface area contributed by atoms with Crippen LogP contribution in [0.25, 0.3) is 32.0 Å². The number of aromatic nitrogens is 2. The third kappa shape index (κ3) is 8.44. The van der Waals surface area contributed by atoms with Gasteiger partial charge in [-0.15, -0.1) is 22.7 Å². The van der Waals surface area contributed by atoms with Crippen molar-refractivity contribution in [1.82, 2.24) is 30.4 Å². The van der Waals surface area contributed by atoms with E-state index < -0.39 is 24.3 Å². The average molecular weight is 773 g/mol. The summed E-state index contributed by atoms with van der Waals surface area (Å²) in [4.78, 5) is 66.2. The lowest BCUT2D eigenvalue weighted by molar-refractivity contribution is -0.136.